The number of pyridine rings is 2. The minimum absolute atomic E-state index is 0.160. The Labute approximate surface area is 141 Å². The first-order valence-electron chi connectivity index (χ1n) is 7.56. The topological polar surface area (TPSA) is 107 Å². The second-order valence-electron chi connectivity index (χ2n) is 5.48. The molecule has 0 saturated carbocycles. The smallest absolute Gasteiger partial charge is 0.256 e. The van der Waals surface area contributed by atoms with Gasteiger partial charge in [0.1, 0.15) is 11.5 Å². The Hall–Kier alpha value is -3.74. The fourth-order valence-corrected chi connectivity index (χ4v) is 2.71. The minimum Gasteiger partial charge on any atom is -0.382 e. The summed E-state index contributed by atoms with van der Waals surface area (Å²) in [5.41, 5.74) is 6.61. The van der Waals surface area contributed by atoms with E-state index in [-0.39, 0.29) is 16.9 Å². The lowest BCUT2D eigenvalue weighted by Gasteiger charge is -2.11. The number of aromatic amines is 1. The van der Waals surface area contributed by atoms with Gasteiger partial charge in [-0.3, -0.25) is 14.2 Å². The number of anilines is 1. The summed E-state index contributed by atoms with van der Waals surface area (Å²) in [4.78, 5) is 35.3. The van der Waals surface area contributed by atoms with E-state index in [1.54, 1.807) is 42.7 Å². The number of hydrogen-bond acceptors (Lipinski definition) is 5. The Morgan fingerprint density at radius 3 is 2.80 bits per heavy atom. The highest BCUT2D eigenvalue weighted by atomic mass is 16.1. The zero-order valence-electron chi connectivity index (χ0n) is 13.0. The quantitative estimate of drug-likeness (QED) is 0.581. The average molecular weight is 331 g/mol. The lowest BCUT2D eigenvalue weighted by molar-refractivity contribution is 0.933. The summed E-state index contributed by atoms with van der Waals surface area (Å²) >= 11 is 0. The van der Waals surface area contributed by atoms with Crippen LogP contribution >= 0.6 is 0 Å². The largest absolute Gasteiger partial charge is 0.382 e. The number of rotatable bonds is 2. The third-order valence-electron chi connectivity index (χ3n) is 3.87. The second kappa shape index (κ2) is 5.72. The molecule has 0 spiro atoms. The molecule has 122 valence electrons. The molecule has 0 fully saturated rings. The number of fused-ring (bicyclic) bond motifs is 1. The average Bonchev–Trinajstić information content (AvgIpc) is 2.62. The van der Waals surface area contributed by atoms with E-state index < -0.39 is 0 Å². The van der Waals surface area contributed by atoms with Crippen LogP contribution in [0.5, 0.6) is 0 Å². The molecule has 0 bridgehead atoms. The Kier molecular flexibility index (Phi) is 3.39. The number of nitrogens with zero attached hydrogens (tertiary/aromatic N) is 3. The Balaban J connectivity index is 1.99. The maximum absolute atomic E-state index is 12.2. The molecule has 0 amide bonds. The number of benzene rings is 1. The molecule has 4 rings (SSSR count). The standard InChI is InChI=1S/C18H13N5O2/c19-14-10-21-16(17(22-14)23-8-2-1-3-15(23)24)12-4-5-13-11(9-12)6-7-20-18(13)25/h1-10H,(H2,19,22)(H,20,25). The molecule has 7 heteroatoms. The summed E-state index contributed by atoms with van der Waals surface area (Å²) in [6.07, 6.45) is 4.64. The number of nitrogens with one attached hydrogen (secondary N) is 1. The van der Waals surface area contributed by atoms with Crippen LogP contribution in [-0.4, -0.2) is 19.5 Å². The van der Waals surface area contributed by atoms with Crippen LogP contribution in [0.3, 0.4) is 0 Å². The third-order valence-corrected chi connectivity index (χ3v) is 3.87. The number of nitrogen functional groups attached to an aromatic ring is 1. The molecule has 0 aliphatic heterocycles. The van der Waals surface area contributed by atoms with E-state index in [1.807, 2.05) is 6.07 Å². The Morgan fingerprint density at radius 1 is 1.08 bits per heavy atom. The molecule has 1 aromatic carbocycles. The molecule has 0 saturated heterocycles. The Bertz CT molecular complexity index is 1210. The van der Waals surface area contributed by atoms with Crippen molar-refractivity contribution in [3.8, 4) is 17.1 Å². The van der Waals surface area contributed by atoms with E-state index in [9.17, 15) is 9.59 Å². The summed E-state index contributed by atoms with van der Waals surface area (Å²) < 4.78 is 1.39. The fourth-order valence-electron chi connectivity index (χ4n) is 2.71. The molecule has 0 radical (unpaired) electrons. The van der Waals surface area contributed by atoms with E-state index in [0.717, 1.165) is 10.9 Å². The molecule has 0 aliphatic rings. The predicted molar refractivity (Wildman–Crippen MR) is 95.6 cm³/mol. The van der Waals surface area contributed by atoms with Crippen molar-refractivity contribution in [1.82, 2.24) is 19.5 Å². The van der Waals surface area contributed by atoms with Crippen molar-refractivity contribution in [2.45, 2.75) is 0 Å². The molecule has 25 heavy (non-hydrogen) atoms. The van der Waals surface area contributed by atoms with Gasteiger partial charge in [0, 0.05) is 29.4 Å². The van der Waals surface area contributed by atoms with Crippen LogP contribution in [-0.2, 0) is 0 Å². The molecule has 3 heterocycles. The molecular weight excluding hydrogens is 318 g/mol. The van der Waals surface area contributed by atoms with Gasteiger partial charge in [0.25, 0.3) is 11.1 Å². The normalized spacial score (nSPS) is 10.9. The minimum atomic E-state index is -0.235. The highest BCUT2D eigenvalue weighted by molar-refractivity contribution is 5.86. The van der Waals surface area contributed by atoms with E-state index >= 15 is 0 Å². The van der Waals surface area contributed by atoms with Crippen molar-refractivity contribution < 1.29 is 0 Å². The molecule has 0 unspecified atom stereocenters. The zero-order valence-corrected chi connectivity index (χ0v) is 13.0. The SMILES string of the molecule is Nc1cnc(-c2ccc3c(=O)[nH]ccc3c2)c(-n2ccccc2=O)n1. The number of H-pyrrole nitrogens is 1. The lowest BCUT2D eigenvalue weighted by Crippen LogP contribution is -2.18. The van der Waals surface area contributed by atoms with Crippen LogP contribution in [0.1, 0.15) is 0 Å². The van der Waals surface area contributed by atoms with Crippen LogP contribution in [0.25, 0.3) is 27.8 Å². The van der Waals surface area contributed by atoms with Crippen molar-refractivity contribution in [3.05, 3.63) is 81.8 Å². The third kappa shape index (κ3) is 2.57. The summed E-state index contributed by atoms with van der Waals surface area (Å²) in [5, 5.41) is 1.35. The van der Waals surface area contributed by atoms with Crippen LogP contribution in [0.15, 0.2) is 70.6 Å². The molecule has 0 aliphatic carbocycles. The maximum atomic E-state index is 12.2. The number of hydrogen-bond donors (Lipinski definition) is 2. The Morgan fingerprint density at radius 2 is 1.96 bits per heavy atom. The molecule has 3 aromatic heterocycles. The molecule has 7 nitrogen and oxygen atoms in total. The van der Waals surface area contributed by atoms with Gasteiger partial charge in [0.2, 0.25) is 0 Å². The van der Waals surface area contributed by atoms with Gasteiger partial charge >= 0.3 is 0 Å². The van der Waals surface area contributed by atoms with E-state index in [2.05, 4.69) is 15.0 Å². The van der Waals surface area contributed by atoms with Crippen molar-refractivity contribution in [3.63, 3.8) is 0 Å². The lowest BCUT2D eigenvalue weighted by atomic mass is 10.1. The van der Waals surface area contributed by atoms with Gasteiger partial charge in [-0.15, -0.1) is 0 Å². The van der Waals surface area contributed by atoms with Crippen LogP contribution < -0.4 is 16.9 Å². The predicted octanol–water partition coefficient (Wildman–Crippen LogP) is 1.72. The highest BCUT2D eigenvalue weighted by Crippen LogP contribution is 2.25. The van der Waals surface area contributed by atoms with Gasteiger partial charge in [0.05, 0.1) is 6.20 Å². The molecule has 0 atom stereocenters. The summed E-state index contributed by atoms with van der Waals surface area (Å²) in [5.74, 6) is 0.557. The highest BCUT2D eigenvalue weighted by Gasteiger charge is 2.13. The number of aromatic nitrogens is 4. The summed E-state index contributed by atoms with van der Waals surface area (Å²) in [6, 6.07) is 12.0. The first-order valence-corrected chi connectivity index (χ1v) is 7.56. The van der Waals surface area contributed by atoms with Gasteiger partial charge in [-0.2, -0.15) is 0 Å². The van der Waals surface area contributed by atoms with Gasteiger partial charge < -0.3 is 10.7 Å². The van der Waals surface area contributed by atoms with Gasteiger partial charge in [-0.05, 0) is 29.7 Å². The molecular formula is C18H13N5O2. The van der Waals surface area contributed by atoms with E-state index in [1.165, 1.54) is 16.8 Å². The van der Waals surface area contributed by atoms with Gasteiger partial charge in [-0.1, -0.05) is 12.1 Å². The van der Waals surface area contributed by atoms with Crippen molar-refractivity contribution in [2.24, 2.45) is 0 Å². The monoisotopic (exact) mass is 331 g/mol. The van der Waals surface area contributed by atoms with Crippen molar-refractivity contribution >= 4 is 16.6 Å². The van der Waals surface area contributed by atoms with Crippen LogP contribution in [0.2, 0.25) is 0 Å². The van der Waals surface area contributed by atoms with E-state index in [4.69, 9.17) is 5.73 Å². The molecule has 4 aromatic rings. The number of nitrogens with two attached hydrogens (primary N) is 1. The summed E-state index contributed by atoms with van der Waals surface area (Å²) in [7, 11) is 0. The first kappa shape index (κ1) is 14.8. The van der Waals surface area contributed by atoms with Gasteiger partial charge in [0.15, 0.2) is 5.82 Å². The van der Waals surface area contributed by atoms with Crippen LogP contribution in [0.4, 0.5) is 5.82 Å². The van der Waals surface area contributed by atoms with Crippen molar-refractivity contribution in [1.29, 1.82) is 0 Å². The van der Waals surface area contributed by atoms with E-state index in [0.29, 0.717) is 16.9 Å². The first-order chi connectivity index (χ1) is 12.1. The van der Waals surface area contributed by atoms with Crippen molar-refractivity contribution in [2.75, 3.05) is 5.73 Å². The molecule has 3 N–H and O–H groups in total. The van der Waals surface area contributed by atoms with Crippen LogP contribution in [0, 0.1) is 0 Å². The zero-order chi connectivity index (χ0) is 17.4. The summed E-state index contributed by atoms with van der Waals surface area (Å²) in [6.45, 7) is 0. The second-order valence-corrected chi connectivity index (χ2v) is 5.48. The fraction of sp³-hybridized carbons (Fsp3) is 0. The maximum Gasteiger partial charge on any atom is 0.256 e. The van der Waals surface area contributed by atoms with Gasteiger partial charge in [-0.25, -0.2) is 9.97 Å².